The van der Waals surface area contributed by atoms with Crippen LogP contribution in [0.4, 0.5) is 0 Å². The average Bonchev–Trinajstić information content (AvgIpc) is 2.93. The molecule has 1 fully saturated rings. The lowest BCUT2D eigenvalue weighted by Crippen LogP contribution is -2.54. The molecule has 0 spiro atoms. The number of nitrogens with two attached hydrogens (primary N) is 1. The summed E-state index contributed by atoms with van der Waals surface area (Å²) in [7, 11) is 0. The van der Waals surface area contributed by atoms with E-state index in [0.717, 1.165) is 24.8 Å². The molecule has 1 aromatic carbocycles. The summed E-state index contributed by atoms with van der Waals surface area (Å²) in [6.07, 6.45) is 3.02. The van der Waals surface area contributed by atoms with Crippen LogP contribution in [-0.4, -0.2) is 23.1 Å². The van der Waals surface area contributed by atoms with E-state index in [4.69, 9.17) is 21.9 Å². The van der Waals surface area contributed by atoms with Gasteiger partial charge in [-0.15, -0.1) is 0 Å². The van der Waals surface area contributed by atoms with E-state index in [9.17, 15) is 4.79 Å². The Morgan fingerprint density at radius 1 is 1.38 bits per heavy atom. The molecular weight excluding hydrogens is 290 g/mol. The van der Waals surface area contributed by atoms with E-state index in [1.165, 1.54) is 0 Å². The fourth-order valence-electron chi connectivity index (χ4n) is 2.29. The maximum atomic E-state index is 12.0. The smallest absolute Gasteiger partial charge is 0.273 e. The highest BCUT2D eigenvalue weighted by molar-refractivity contribution is 6.30. The number of hydrogen-bond acceptors (Lipinski definition) is 4. The van der Waals surface area contributed by atoms with Crippen LogP contribution >= 0.6 is 11.6 Å². The fourth-order valence-corrected chi connectivity index (χ4v) is 2.41. The molecule has 0 bridgehead atoms. The Bertz CT molecular complexity index is 647. The summed E-state index contributed by atoms with van der Waals surface area (Å²) in [5.74, 6) is 0.263. The summed E-state index contributed by atoms with van der Waals surface area (Å²) >= 11 is 5.84. The van der Waals surface area contributed by atoms with Crippen LogP contribution in [0.5, 0.6) is 0 Å². The summed E-state index contributed by atoms with van der Waals surface area (Å²) < 4.78 is 5.20. The molecule has 21 heavy (non-hydrogen) atoms. The van der Waals surface area contributed by atoms with Gasteiger partial charge in [0.15, 0.2) is 11.5 Å². The molecule has 3 rings (SSSR count). The number of benzene rings is 1. The minimum atomic E-state index is -0.268. The molecule has 1 aliphatic carbocycles. The van der Waals surface area contributed by atoms with Crippen molar-refractivity contribution in [3.63, 3.8) is 0 Å². The van der Waals surface area contributed by atoms with Gasteiger partial charge in [0.2, 0.25) is 0 Å². The summed E-state index contributed by atoms with van der Waals surface area (Å²) in [5.41, 5.74) is 6.89. The number of carbonyl (C=O) groups is 1. The number of amides is 1. The predicted octanol–water partition coefficient (Wildman–Crippen LogP) is 2.61. The van der Waals surface area contributed by atoms with Crippen molar-refractivity contribution in [2.75, 3.05) is 6.54 Å². The standard InChI is InChI=1S/C15H16ClN3O2/c16-11-4-2-10(3-5-11)13-8-12(19-21-13)14(20)18-9-15(17)6-1-7-15/h2-5,8H,1,6-7,9,17H2,(H,18,20). The van der Waals surface area contributed by atoms with E-state index >= 15 is 0 Å². The number of carbonyl (C=O) groups excluding carboxylic acids is 1. The Morgan fingerprint density at radius 2 is 2.10 bits per heavy atom. The SMILES string of the molecule is NC1(CNC(=O)c2cc(-c3ccc(Cl)cc3)on2)CCC1. The maximum absolute atomic E-state index is 12.0. The van der Waals surface area contributed by atoms with Gasteiger partial charge in [-0.3, -0.25) is 4.79 Å². The first kappa shape index (κ1) is 14.1. The monoisotopic (exact) mass is 305 g/mol. The highest BCUT2D eigenvalue weighted by Crippen LogP contribution is 2.28. The Labute approximate surface area is 127 Å². The molecule has 6 heteroatoms. The van der Waals surface area contributed by atoms with Crippen LogP contribution in [0.3, 0.4) is 0 Å². The van der Waals surface area contributed by atoms with Gasteiger partial charge in [0.05, 0.1) is 0 Å². The van der Waals surface area contributed by atoms with Crippen LogP contribution in [0.1, 0.15) is 29.8 Å². The first-order valence-corrected chi connectivity index (χ1v) is 7.23. The highest BCUT2D eigenvalue weighted by Gasteiger charge is 2.32. The molecule has 0 saturated heterocycles. The first-order valence-electron chi connectivity index (χ1n) is 6.86. The number of aromatic nitrogens is 1. The van der Waals surface area contributed by atoms with Gasteiger partial charge in [-0.25, -0.2) is 0 Å². The van der Waals surface area contributed by atoms with Gasteiger partial charge in [-0.05, 0) is 43.5 Å². The largest absolute Gasteiger partial charge is 0.355 e. The molecule has 1 amide bonds. The van der Waals surface area contributed by atoms with Gasteiger partial charge < -0.3 is 15.6 Å². The van der Waals surface area contributed by atoms with Gasteiger partial charge in [0.25, 0.3) is 5.91 Å². The number of rotatable bonds is 4. The van der Waals surface area contributed by atoms with Crippen LogP contribution in [0.25, 0.3) is 11.3 Å². The second-order valence-corrected chi connectivity index (χ2v) is 5.92. The number of halogens is 1. The quantitative estimate of drug-likeness (QED) is 0.909. The third-order valence-electron chi connectivity index (χ3n) is 3.82. The van der Waals surface area contributed by atoms with E-state index in [2.05, 4.69) is 10.5 Å². The molecule has 1 aromatic heterocycles. The molecule has 1 aliphatic rings. The van der Waals surface area contributed by atoms with Gasteiger partial charge in [-0.1, -0.05) is 16.8 Å². The van der Waals surface area contributed by atoms with Crippen LogP contribution < -0.4 is 11.1 Å². The molecule has 0 atom stereocenters. The summed E-state index contributed by atoms with van der Waals surface area (Å²) in [4.78, 5) is 12.0. The van der Waals surface area contributed by atoms with Crippen molar-refractivity contribution in [2.24, 2.45) is 5.73 Å². The maximum Gasteiger partial charge on any atom is 0.273 e. The van der Waals surface area contributed by atoms with Gasteiger partial charge in [0, 0.05) is 28.7 Å². The number of nitrogens with one attached hydrogen (secondary N) is 1. The Morgan fingerprint density at radius 3 is 2.71 bits per heavy atom. The highest BCUT2D eigenvalue weighted by atomic mass is 35.5. The van der Waals surface area contributed by atoms with E-state index in [1.54, 1.807) is 18.2 Å². The zero-order chi connectivity index (χ0) is 14.9. The Balaban J connectivity index is 1.66. The minimum Gasteiger partial charge on any atom is -0.355 e. The average molecular weight is 306 g/mol. The zero-order valence-corrected chi connectivity index (χ0v) is 12.2. The van der Waals surface area contributed by atoms with Crippen LogP contribution in [0.15, 0.2) is 34.9 Å². The van der Waals surface area contributed by atoms with Gasteiger partial charge in [0.1, 0.15) is 0 Å². The fraction of sp³-hybridized carbons (Fsp3) is 0.333. The molecule has 1 heterocycles. The molecular formula is C15H16ClN3O2. The molecule has 2 aromatic rings. The normalized spacial score (nSPS) is 16.3. The second-order valence-electron chi connectivity index (χ2n) is 5.48. The second kappa shape index (κ2) is 5.50. The third kappa shape index (κ3) is 3.09. The number of hydrogen-bond donors (Lipinski definition) is 2. The van der Waals surface area contributed by atoms with Crippen molar-refractivity contribution in [1.29, 1.82) is 0 Å². The molecule has 0 radical (unpaired) electrons. The lowest BCUT2D eigenvalue weighted by Gasteiger charge is -2.37. The van der Waals surface area contributed by atoms with Crippen LogP contribution in [0.2, 0.25) is 5.02 Å². The molecule has 3 N–H and O–H groups in total. The van der Waals surface area contributed by atoms with E-state index in [0.29, 0.717) is 17.3 Å². The van der Waals surface area contributed by atoms with Crippen molar-refractivity contribution < 1.29 is 9.32 Å². The molecule has 0 aliphatic heterocycles. The summed E-state index contributed by atoms with van der Waals surface area (Å²) in [6.45, 7) is 0.467. The summed E-state index contributed by atoms with van der Waals surface area (Å²) in [6, 6.07) is 8.76. The molecule has 1 saturated carbocycles. The molecule has 5 nitrogen and oxygen atoms in total. The van der Waals surface area contributed by atoms with Crippen LogP contribution in [0, 0.1) is 0 Å². The van der Waals surface area contributed by atoms with Crippen LogP contribution in [-0.2, 0) is 0 Å². The first-order chi connectivity index (χ1) is 10.1. The minimum absolute atomic E-state index is 0.252. The van der Waals surface area contributed by atoms with Gasteiger partial charge >= 0.3 is 0 Å². The Kier molecular flexibility index (Phi) is 3.69. The van der Waals surface area contributed by atoms with Crippen molar-refractivity contribution in [3.05, 3.63) is 41.0 Å². The number of nitrogens with zero attached hydrogens (tertiary/aromatic N) is 1. The van der Waals surface area contributed by atoms with Crippen molar-refractivity contribution >= 4 is 17.5 Å². The van der Waals surface area contributed by atoms with Gasteiger partial charge in [-0.2, -0.15) is 0 Å². The van der Waals surface area contributed by atoms with E-state index < -0.39 is 0 Å². The molecule has 110 valence electrons. The summed E-state index contributed by atoms with van der Waals surface area (Å²) in [5, 5.41) is 7.25. The molecule has 0 unspecified atom stereocenters. The van der Waals surface area contributed by atoms with E-state index in [-0.39, 0.29) is 17.1 Å². The van der Waals surface area contributed by atoms with Crippen molar-refractivity contribution in [3.8, 4) is 11.3 Å². The lowest BCUT2D eigenvalue weighted by atomic mass is 9.78. The third-order valence-corrected chi connectivity index (χ3v) is 4.07. The lowest BCUT2D eigenvalue weighted by molar-refractivity contribution is 0.0921. The Hall–Kier alpha value is -1.85. The zero-order valence-electron chi connectivity index (χ0n) is 11.4. The van der Waals surface area contributed by atoms with Crippen molar-refractivity contribution in [2.45, 2.75) is 24.8 Å². The van der Waals surface area contributed by atoms with E-state index in [1.807, 2.05) is 12.1 Å². The van der Waals surface area contributed by atoms with Crippen molar-refractivity contribution in [1.82, 2.24) is 10.5 Å². The predicted molar refractivity (Wildman–Crippen MR) is 80.1 cm³/mol. The topological polar surface area (TPSA) is 81.1 Å².